The Labute approximate surface area is 205 Å². The van der Waals surface area contributed by atoms with Gasteiger partial charge < -0.3 is 20.1 Å². The lowest BCUT2D eigenvalue weighted by Crippen LogP contribution is -2.46. The number of nitrogens with one attached hydrogen (secondary N) is 1. The Bertz CT molecular complexity index is 1090. The lowest BCUT2D eigenvalue weighted by atomic mass is 9.84. The predicted molar refractivity (Wildman–Crippen MR) is 131 cm³/mol. The van der Waals surface area contributed by atoms with Crippen LogP contribution in [0.15, 0.2) is 48.5 Å². The van der Waals surface area contributed by atoms with Gasteiger partial charge in [0.25, 0.3) is 0 Å². The molecule has 7 nitrogen and oxygen atoms in total. The van der Waals surface area contributed by atoms with E-state index in [9.17, 15) is 19.5 Å². The molecule has 1 saturated carbocycles. The number of hydrogen-bond donors (Lipinski definition) is 2. The summed E-state index contributed by atoms with van der Waals surface area (Å²) in [5.41, 5.74) is 4.72. The molecule has 35 heavy (non-hydrogen) atoms. The van der Waals surface area contributed by atoms with Gasteiger partial charge in [0.2, 0.25) is 5.91 Å². The molecule has 0 bridgehead atoms. The number of aliphatic carboxylic acids is 1. The van der Waals surface area contributed by atoms with Crippen molar-refractivity contribution >= 4 is 18.0 Å². The summed E-state index contributed by atoms with van der Waals surface area (Å²) in [5.74, 6) is -1.52. The molecule has 184 valence electrons. The SMILES string of the molecule is CC1C(C(=O)O)CCN1C(=O)C1CCCC(NC(=O)OCC2c3ccccc3-c3ccccc32)C1. The summed E-state index contributed by atoms with van der Waals surface area (Å²) in [6.45, 7) is 2.56. The van der Waals surface area contributed by atoms with Gasteiger partial charge in [-0.2, -0.15) is 0 Å². The zero-order valence-electron chi connectivity index (χ0n) is 20.0. The summed E-state index contributed by atoms with van der Waals surface area (Å²) >= 11 is 0. The van der Waals surface area contributed by atoms with Crippen LogP contribution in [0.1, 0.15) is 56.1 Å². The third-order valence-corrected chi connectivity index (χ3v) is 8.04. The Kier molecular flexibility index (Phi) is 6.50. The number of hydrogen-bond acceptors (Lipinski definition) is 4. The molecule has 0 radical (unpaired) electrons. The summed E-state index contributed by atoms with van der Waals surface area (Å²) in [5, 5.41) is 12.4. The first-order valence-corrected chi connectivity index (χ1v) is 12.6. The van der Waals surface area contributed by atoms with E-state index in [2.05, 4.69) is 29.6 Å². The van der Waals surface area contributed by atoms with Gasteiger partial charge in [-0.1, -0.05) is 55.0 Å². The molecule has 1 aliphatic heterocycles. The van der Waals surface area contributed by atoms with Gasteiger partial charge in [-0.05, 0) is 54.9 Å². The minimum atomic E-state index is -0.841. The van der Waals surface area contributed by atoms with E-state index in [1.807, 2.05) is 31.2 Å². The second-order valence-electron chi connectivity index (χ2n) is 10.0. The highest BCUT2D eigenvalue weighted by molar-refractivity contribution is 5.82. The van der Waals surface area contributed by atoms with Crippen molar-refractivity contribution in [2.45, 2.75) is 57.0 Å². The number of carbonyl (C=O) groups excluding carboxylic acids is 2. The number of carboxylic acids is 1. The van der Waals surface area contributed by atoms with E-state index in [0.29, 0.717) is 19.4 Å². The molecule has 1 heterocycles. The van der Waals surface area contributed by atoms with Crippen molar-refractivity contribution in [3.8, 4) is 11.1 Å². The quantitative estimate of drug-likeness (QED) is 0.667. The summed E-state index contributed by atoms with van der Waals surface area (Å²) < 4.78 is 5.68. The third kappa shape index (κ3) is 4.51. The molecular formula is C28H32N2O5. The molecule has 2 aromatic carbocycles. The lowest BCUT2D eigenvalue weighted by molar-refractivity contribution is -0.144. The van der Waals surface area contributed by atoms with E-state index < -0.39 is 18.0 Å². The van der Waals surface area contributed by atoms with Crippen LogP contribution in [0, 0.1) is 11.8 Å². The van der Waals surface area contributed by atoms with Crippen molar-refractivity contribution in [1.29, 1.82) is 0 Å². The van der Waals surface area contributed by atoms with E-state index in [-0.39, 0.29) is 36.4 Å². The molecule has 2 aromatic rings. The van der Waals surface area contributed by atoms with Crippen LogP contribution in [0.5, 0.6) is 0 Å². The Morgan fingerprint density at radius 2 is 1.66 bits per heavy atom. The highest BCUT2D eigenvalue weighted by atomic mass is 16.5. The van der Waals surface area contributed by atoms with E-state index in [0.717, 1.165) is 19.3 Å². The topological polar surface area (TPSA) is 95.9 Å². The van der Waals surface area contributed by atoms with Crippen LogP contribution in [0.4, 0.5) is 4.79 Å². The van der Waals surface area contributed by atoms with Crippen LogP contribution in [0.25, 0.3) is 11.1 Å². The van der Waals surface area contributed by atoms with Gasteiger partial charge in [0, 0.05) is 30.5 Å². The van der Waals surface area contributed by atoms with Crippen molar-refractivity contribution < 1.29 is 24.2 Å². The average molecular weight is 477 g/mol. The largest absolute Gasteiger partial charge is 0.481 e. The van der Waals surface area contributed by atoms with Crippen molar-refractivity contribution in [2.24, 2.45) is 11.8 Å². The van der Waals surface area contributed by atoms with Crippen LogP contribution >= 0.6 is 0 Å². The molecule has 2 N–H and O–H groups in total. The van der Waals surface area contributed by atoms with Crippen LogP contribution in [-0.2, 0) is 14.3 Å². The summed E-state index contributed by atoms with van der Waals surface area (Å²) in [6.07, 6.45) is 3.02. The van der Waals surface area contributed by atoms with Crippen LogP contribution in [0.2, 0.25) is 0 Å². The molecule has 0 spiro atoms. The summed E-state index contributed by atoms with van der Waals surface area (Å²) in [6, 6.07) is 16.0. The normalized spacial score (nSPS) is 25.6. The minimum absolute atomic E-state index is 0.00710. The van der Waals surface area contributed by atoms with Gasteiger partial charge in [-0.15, -0.1) is 0 Å². The van der Waals surface area contributed by atoms with Gasteiger partial charge in [0.1, 0.15) is 6.61 Å². The number of rotatable bonds is 5. The van der Waals surface area contributed by atoms with E-state index in [1.54, 1.807) is 4.90 Å². The second kappa shape index (κ2) is 9.72. The third-order valence-electron chi connectivity index (χ3n) is 8.04. The fraction of sp³-hybridized carbons (Fsp3) is 0.464. The van der Waals surface area contributed by atoms with Crippen molar-refractivity contribution in [3.05, 3.63) is 59.7 Å². The van der Waals surface area contributed by atoms with Gasteiger partial charge in [-0.25, -0.2) is 4.79 Å². The number of fused-ring (bicyclic) bond motifs is 3. The first-order valence-electron chi connectivity index (χ1n) is 12.6. The molecule has 4 atom stereocenters. The summed E-state index contributed by atoms with van der Waals surface area (Å²) in [4.78, 5) is 39.0. The number of carboxylic acid groups (broad SMARTS) is 1. The molecular weight excluding hydrogens is 444 g/mol. The van der Waals surface area contributed by atoms with Gasteiger partial charge >= 0.3 is 12.1 Å². The number of nitrogens with zero attached hydrogens (tertiary/aromatic N) is 1. The molecule has 7 heteroatoms. The fourth-order valence-electron chi connectivity index (χ4n) is 6.17. The first-order chi connectivity index (χ1) is 16.9. The van der Waals surface area contributed by atoms with E-state index in [4.69, 9.17) is 4.74 Å². The maximum Gasteiger partial charge on any atom is 0.407 e. The summed E-state index contributed by atoms with van der Waals surface area (Å²) in [7, 11) is 0. The molecule has 2 fully saturated rings. The molecule has 1 saturated heterocycles. The van der Waals surface area contributed by atoms with Gasteiger partial charge in [0.15, 0.2) is 0 Å². The molecule has 4 unspecified atom stereocenters. The number of alkyl carbamates (subject to hydrolysis) is 1. The zero-order valence-corrected chi connectivity index (χ0v) is 20.0. The monoisotopic (exact) mass is 476 g/mol. The van der Waals surface area contributed by atoms with E-state index >= 15 is 0 Å². The fourth-order valence-corrected chi connectivity index (χ4v) is 6.17. The number of benzene rings is 2. The predicted octanol–water partition coefficient (Wildman–Crippen LogP) is 4.41. The minimum Gasteiger partial charge on any atom is -0.481 e. The van der Waals surface area contributed by atoms with Gasteiger partial charge in [-0.3, -0.25) is 9.59 Å². The maximum absolute atomic E-state index is 13.1. The Balaban J connectivity index is 1.17. The van der Waals surface area contributed by atoms with Crippen molar-refractivity contribution in [3.63, 3.8) is 0 Å². The first kappa shape index (κ1) is 23.4. The van der Waals surface area contributed by atoms with Crippen LogP contribution in [0.3, 0.4) is 0 Å². The molecule has 5 rings (SSSR count). The number of amides is 2. The zero-order chi connectivity index (χ0) is 24.5. The molecule has 2 aliphatic carbocycles. The maximum atomic E-state index is 13.1. The smallest absolute Gasteiger partial charge is 0.407 e. The highest BCUT2D eigenvalue weighted by Gasteiger charge is 2.41. The lowest BCUT2D eigenvalue weighted by Gasteiger charge is -2.33. The molecule has 3 aliphatic rings. The molecule has 0 aromatic heterocycles. The van der Waals surface area contributed by atoms with Crippen LogP contribution in [-0.4, -0.2) is 53.2 Å². The van der Waals surface area contributed by atoms with Crippen molar-refractivity contribution in [2.75, 3.05) is 13.2 Å². The Hall–Kier alpha value is -3.35. The number of ether oxygens (including phenoxy) is 1. The average Bonchev–Trinajstić information content (AvgIpc) is 3.40. The van der Waals surface area contributed by atoms with E-state index in [1.165, 1.54) is 22.3 Å². The molecule has 2 amide bonds. The van der Waals surface area contributed by atoms with Crippen LogP contribution < -0.4 is 5.32 Å². The standard InChI is InChI=1S/C28H32N2O5/c1-17-20(27(32)33)13-14-30(17)26(31)18-7-6-8-19(15-18)29-28(34)35-16-25-23-11-4-2-9-21(23)22-10-3-5-12-24(22)25/h2-5,9-12,17-20,25H,6-8,13-16H2,1H3,(H,29,34)(H,32,33). The number of carbonyl (C=O) groups is 3. The number of likely N-dealkylation sites (tertiary alicyclic amines) is 1. The second-order valence-corrected chi connectivity index (χ2v) is 10.0. The Morgan fingerprint density at radius 1 is 1.00 bits per heavy atom. The van der Waals surface area contributed by atoms with Gasteiger partial charge in [0.05, 0.1) is 5.92 Å². The van der Waals surface area contributed by atoms with Crippen molar-refractivity contribution in [1.82, 2.24) is 10.2 Å². The Morgan fingerprint density at radius 3 is 2.29 bits per heavy atom. The highest BCUT2D eigenvalue weighted by Crippen LogP contribution is 2.44.